The number of rotatable bonds is 5. The van der Waals surface area contributed by atoms with Gasteiger partial charge in [-0.05, 0) is 25.5 Å². The van der Waals surface area contributed by atoms with Crippen LogP contribution in [0.15, 0.2) is 12.1 Å². The third kappa shape index (κ3) is 3.91. The summed E-state index contributed by atoms with van der Waals surface area (Å²) in [6.45, 7) is 1.29. The maximum Gasteiger partial charge on any atom is 0.323 e. The molecule has 28 heavy (non-hydrogen) atoms. The van der Waals surface area contributed by atoms with Gasteiger partial charge in [0.2, 0.25) is 11.8 Å². The van der Waals surface area contributed by atoms with Gasteiger partial charge in [-0.2, -0.15) is 0 Å². The molecular formula is C17H19ClN4O6. The Bertz CT molecular complexity index is 970. The second kappa shape index (κ2) is 8.26. The number of imidazole rings is 1. The number of aryl methyl sites for hydroxylation is 1. The van der Waals surface area contributed by atoms with Crippen molar-refractivity contribution in [3.05, 3.63) is 23.5 Å². The van der Waals surface area contributed by atoms with Crippen molar-refractivity contribution >= 4 is 47.1 Å². The highest BCUT2D eigenvalue weighted by Crippen LogP contribution is 2.29. The summed E-state index contributed by atoms with van der Waals surface area (Å²) in [6, 6.07) is 2.22. The Hall–Kier alpha value is -3.14. The van der Waals surface area contributed by atoms with Crippen LogP contribution in [0.5, 0.6) is 5.75 Å². The summed E-state index contributed by atoms with van der Waals surface area (Å²) < 4.78 is 6.73. The van der Waals surface area contributed by atoms with Crippen molar-refractivity contribution in [3.8, 4) is 5.75 Å². The van der Waals surface area contributed by atoms with Crippen molar-refractivity contribution in [2.75, 3.05) is 7.11 Å². The zero-order chi connectivity index (χ0) is 19.7. The van der Waals surface area contributed by atoms with Crippen LogP contribution in [0.1, 0.15) is 29.0 Å². The number of aromatic nitrogens is 2. The molecule has 1 fully saturated rings. The van der Waals surface area contributed by atoms with E-state index in [1.54, 1.807) is 13.0 Å². The molecule has 1 aliphatic heterocycles. The molecule has 1 unspecified atom stereocenters. The van der Waals surface area contributed by atoms with Gasteiger partial charge < -0.3 is 19.7 Å². The Kier molecular flexibility index (Phi) is 6.24. The molecule has 1 atom stereocenters. The lowest BCUT2D eigenvalue weighted by Gasteiger charge is -2.21. The van der Waals surface area contributed by atoms with Gasteiger partial charge in [-0.3, -0.25) is 24.5 Å². The smallest absolute Gasteiger partial charge is 0.323 e. The second-order valence-electron chi connectivity index (χ2n) is 6.13. The standard InChI is InChI=1S/C17H18N4O6.ClH/c1-8-18-14-9(16(25)19-10-4-6-12(22)20-17(10)26)3-5-11(27-2)15(14)21(8)7-13(23)24;/h3,5,10H,4,6-7H2,1-2H3,(H,19,25)(H,23,24)(H,20,22,26);1H. The van der Waals surface area contributed by atoms with Crippen LogP contribution in [0.3, 0.4) is 0 Å². The van der Waals surface area contributed by atoms with Gasteiger partial charge in [0.25, 0.3) is 5.91 Å². The summed E-state index contributed by atoms with van der Waals surface area (Å²) in [6.07, 6.45) is 0.350. The summed E-state index contributed by atoms with van der Waals surface area (Å²) in [5.41, 5.74) is 0.842. The average Bonchev–Trinajstić information content (AvgIpc) is 2.92. The van der Waals surface area contributed by atoms with Crippen molar-refractivity contribution in [3.63, 3.8) is 0 Å². The van der Waals surface area contributed by atoms with E-state index in [4.69, 9.17) is 9.84 Å². The number of hydrogen-bond acceptors (Lipinski definition) is 6. The predicted octanol–water partition coefficient (Wildman–Crippen LogP) is 0.395. The van der Waals surface area contributed by atoms with E-state index in [2.05, 4.69) is 15.6 Å². The Morgan fingerprint density at radius 2 is 2.11 bits per heavy atom. The highest BCUT2D eigenvalue weighted by molar-refractivity contribution is 6.09. The number of piperidine rings is 1. The minimum atomic E-state index is -1.06. The van der Waals surface area contributed by atoms with Crippen LogP contribution in [-0.2, 0) is 20.9 Å². The topological polar surface area (TPSA) is 140 Å². The van der Waals surface area contributed by atoms with E-state index in [0.29, 0.717) is 17.1 Å². The largest absolute Gasteiger partial charge is 0.494 e. The molecule has 1 saturated heterocycles. The summed E-state index contributed by atoms with van der Waals surface area (Å²) in [7, 11) is 1.44. The molecule has 3 rings (SSSR count). The van der Waals surface area contributed by atoms with E-state index < -0.39 is 23.8 Å². The van der Waals surface area contributed by atoms with Gasteiger partial charge in [-0.25, -0.2) is 4.98 Å². The minimum absolute atomic E-state index is 0. The number of methoxy groups -OCH3 is 1. The van der Waals surface area contributed by atoms with Crippen molar-refractivity contribution in [2.24, 2.45) is 0 Å². The Morgan fingerprint density at radius 3 is 2.71 bits per heavy atom. The molecule has 3 amide bonds. The SMILES string of the molecule is COc1ccc(C(=O)NC2CCC(=O)NC2=O)c2nc(C)n(CC(=O)O)c12.Cl. The quantitative estimate of drug-likeness (QED) is 0.606. The van der Waals surface area contributed by atoms with Gasteiger partial charge >= 0.3 is 5.97 Å². The van der Waals surface area contributed by atoms with E-state index in [1.165, 1.54) is 17.7 Å². The number of nitrogens with one attached hydrogen (secondary N) is 2. The number of halogens is 1. The average molecular weight is 411 g/mol. The van der Waals surface area contributed by atoms with Gasteiger partial charge in [0.1, 0.15) is 35.2 Å². The molecule has 10 nitrogen and oxygen atoms in total. The van der Waals surface area contributed by atoms with E-state index >= 15 is 0 Å². The molecule has 11 heteroatoms. The molecule has 0 saturated carbocycles. The molecule has 3 N–H and O–H groups in total. The highest BCUT2D eigenvalue weighted by atomic mass is 35.5. The van der Waals surface area contributed by atoms with Crippen LogP contribution in [0.25, 0.3) is 11.0 Å². The van der Waals surface area contributed by atoms with Crippen molar-refractivity contribution < 1.29 is 29.0 Å². The lowest BCUT2D eigenvalue weighted by Crippen LogP contribution is -2.52. The third-order valence-electron chi connectivity index (χ3n) is 4.35. The molecule has 1 aliphatic rings. The first-order chi connectivity index (χ1) is 12.8. The first kappa shape index (κ1) is 21.2. The maximum atomic E-state index is 12.7. The number of hydrogen-bond donors (Lipinski definition) is 3. The van der Waals surface area contributed by atoms with Crippen molar-refractivity contribution in [1.82, 2.24) is 20.2 Å². The van der Waals surface area contributed by atoms with Gasteiger partial charge in [0.05, 0.1) is 12.7 Å². The number of carbonyl (C=O) groups excluding carboxylic acids is 3. The van der Waals surface area contributed by atoms with Gasteiger partial charge in [0, 0.05) is 6.42 Å². The number of carbonyl (C=O) groups is 4. The number of fused-ring (bicyclic) bond motifs is 1. The maximum absolute atomic E-state index is 12.7. The molecule has 0 radical (unpaired) electrons. The number of ether oxygens (including phenoxy) is 1. The number of imide groups is 1. The first-order valence-corrected chi connectivity index (χ1v) is 8.22. The van der Waals surface area contributed by atoms with E-state index in [9.17, 15) is 19.2 Å². The van der Waals surface area contributed by atoms with Crippen LogP contribution < -0.4 is 15.4 Å². The van der Waals surface area contributed by atoms with E-state index in [-0.39, 0.29) is 48.8 Å². The van der Waals surface area contributed by atoms with Crippen LogP contribution >= 0.6 is 12.4 Å². The monoisotopic (exact) mass is 410 g/mol. The fourth-order valence-electron chi connectivity index (χ4n) is 3.06. The number of aliphatic carboxylic acids is 1. The second-order valence-corrected chi connectivity index (χ2v) is 6.13. The number of carboxylic acids is 1. The number of amides is 3. The number of benzene rings is 1. The third-order valence-corrected chi connectivity index (χ3v) is 4.35. The van der Waals surface area contributed by atoms with Crippen LogP contribution in [0, 0.1) is 6.92 Å². The highest BCUT2D eigenvalue weighted by Gasteiger charge is 2.29. The molecule has 2 heterocycles. The molecule has 150 valence electrons. The van der Waals surface area contributed by atoms with Gasteiger partial charge in [0.15, 0.2) is 0 Å². The molecule has 0 aliphatic carbocycles. The zero-order valence-corrected chi connectivity index (χ0v) is 16.0. The molecular weight excluding hydrogens is 392 g/mol. The summed E-state index contributed by atoms with van der Waals surface area (Å²) in [5.74, 6) is -1.75. The summed E-state index contributed by atoms with van der Waals surface area (Å²) in [5, 5.41) is 13.9. The minimum Gasteiger partial charge on any atom is -0.494 e. The number of nitrogens with zero attached hydrogens (tertiary/aromatic N) is 2. The molecule has 1 aromatic carbocycles. The van der Waals surface area contributed by atoms with E-state index in [1.807, 2.05) is 0 Å². The van der Waals surface area contributed by atoms with Crippen LogP contribution in [0.4, 0.5) is 0 Å². The molecule has 0 spiro atoms. The summed E-state index contributed by atoms with van der Waals surface area (Å²) >= 11 is 0. The Morgan fingerprint density at radius 1 is 1.39 bits per heavy atom. The molecule has 1 aromatic heterocycles. The first-order valence-electron chi connectivity index (χ1n) is 8.22. The van der Waals surface area contributed by atoms with Gasteiger partial charge in [-0.1, -0.05) is 0 Å². The van der Waals surface area contributed by atoms with E-state index in [0.717, 1.165) is 0 Å². The van der Waals surface area contributed by atoms with Gasteiger partial charge in [-0.15, -0.1) is 12.4 Å². The normalized spacial score (nSPS) is 16.3. The lowest BCUT2D eigenvalue weighted by molar-refractivity contribution is -0.138. The fourth-order valence-corrected chi connectivity index (χ4v) is 3.06. The van der Waals surface area contributed by atoms with Crippen molar-refractivity contribution in [1.29, 1.82) is 0 Å². The summed E-state index contributed by atoms with van der Waals surface area (Å²) in [4.78, 5) is 51.3. The van der Waals surface area contributed by atoms with Crippen LogP contribution in [0.2, 0.25) is 0 Å². The van der Waals surface area contributed by atoms with Crippen LogP contribution in [-0.4, -0.2) is 51.5 Å². The lowest BCUT2D eigenvalue weighted by atomic mass is 10.0. The predicted molar refractivity (Wildman–Crippen MR) is 99.5 cm³/mol. The Labute approximate surface area is 165 Å². The fraction of sp³-hybridized carbons (Fsp3) is 0.353. The molecule has 0 bridgehead atoms. The zero-order valence-electron chi connectivity index (χ0n) is 15.1. The Balaban J connectivity index is 0.00000280. The van der Waals surface area contributed by atoms with Crippen molar-refractivity contribution in [2.45, 2.75) is 32.4 Å². The number of carboxylic acid groups (broad SMARTS) is 1. The molecule has 2 aromatic rings.